The molecule has 1 aliphatic rings. The van der Waals surface area contributed by atoms with Gasteiger partial charge in [0.2, 0.25) is 0 Å². The van der Waals surface area contributed by atoms with Crippen molar-refractivity contribution in [2.75, 3.05) is 30.9 Å². The molecule has 0 saturated heterocycles. The SMILES string of the molecule is COC(=O)c1ccncc1NC[C@@H]1CCCc2cc(N(C)c3ccn(C)n3)ccc21. The predicted molar refractivity (Wildman–Crippen MR) is 117 cm³/mol. The Hall–Kier alpha value is -3.35. The zero-order valence-electron chi connectivity index (χ0n) is 17.6. The van der Waals surface area contributed by atoms with E-state index in [-0.39, 0.29) is 5.97 Å². The largest absolute Gasteiger partial charge is 0.465 e. The highest BCUT2D eigenvalue weighted by Gasteiger charge is 2.22. The van der Waals surface area contributed by atoms with E-state index in [0.717, 1.165) is 37.3 Å². The second-order valence-electron chi connectivity index (χ2n) is 7.67. The fraction of sp³-hybridized carbons (Fsp3) is 0.348. The molecule has 0 spiro atoms. The molecule has 1 atom stereocenters. The van der Waals surface area contributed by atoms with Crippen molar-refractivity contribution >= 4 is 23.2 Å². The van der Waals surface area contributed by atoms with E-state index in [1.54, 1.807) is 18.5 Å². The lowest BCUT2D eigenvalue weighted by molar-refractivity contribution is 0.0601. The van der Waals surface area contributed by atoms with Gasteiger partial charge in [-0.15, -0.1) is 0 Å². The minimum Gasteiger partial charge on any atom is -0.465 e. The second kappa shape index (κ2) is 8.57. The van der Waals surface area contributed by atoms with Crippen LogP contribution in [0.15, 0.2) is 48.9 Å². The molecule has 3 aromatic rings. The van der Waals surface area contributed by atoms with E-state index in [0.29, 0.717) is 17.2 Å². The number of fused-ring (bicyclic) bond motifs is 1. The molecule has 0 radical (unpaired) electrons. The first kappa shape index (κ1) is 19.9. The van der Waals surface area contributed by atoms with Crippen LogP contribution >= 0.6 is 0 Å². The maximum atomic E-state index is 12.0. The van der Waals surface area contributed by atoms with Crippen LogP contribution in [0.4, 0.5) is 17.2 Å². The van der Waals surface area contributed by atoms with Crippen LogP contribution in [-0.4, -0.2) is 41.4 Å². The summed E-state index contributed by atoms with van der Waals surface area (Å²) in [6.45, 7) is 0.748. The lowest BCUT2D eigenvalue weighted by Gasteiger charge is -2.28. The average molecular weight is 406 g/mol. The molecule has 156 valence electrons. The number of ether oxygens (including phenoxy) is 1. The van der Waals surface area contributed by atoms with Gasteiger partial charge in [0.05, 0.1) is 24.6 Å². The molecular weight excluding hydrogens is 378 g/mol. The van der Waals surface area contributed by atoms with Crippen molar-refractivity contribution in [3.8, 4) is 0 Å². The molecule has 1 N–H and O–H groups in total. The molecular formula is C23H27N5O2. The third-order valence-electron chi connectivity index (χ3n) is 5.76. The Labute approximate surface area is 176 Å². The van der Waals surface area contributed by atoms with Crippen molar-refractivity contribution < 1.29 is 9.53 Å². The summed E-state index contributed by atoms with van der Waals surface area (Å²) in [6, 6.07) is 10.4. The third-order valence-corrected chi connectivity index (χ3v) is 5.76. The van der Waals surface area contributed by atoms with E-state index < -0.39 is 0 Å². The number of pyridine rings is 1. The van der Waals surface area contributed by atoms with Gasteiger partial charge in [0.25, 0.3) is 0 Å². The van der Waals surface area contributed by atoms with E-state index >= 15 is 0 Å². The number of carbonyl (C=O) groups excluding carboxylic acids is 1. The Bertz CT molecular complexity index is 1050. The minimum atomic E-state index is -0.355. The van der Waals surface area contributed by atoms with Gasteiger partial charge >= 0.3 is 5.97 Å². The molecule has 2 aromatic heterocycles. The van der Waals surface area contributed by atoms with Gasteiger partial charge in [-0.1, -0.05) is 6.07 Å². The summed E-state index contributed by atoms with van der Waals surface area (Å²) in [6.07, 6.45) is 8.58. The highest BCUT2D eigenvalue weighted by atomic mass is 16.5. The molecule has 7 nitrogen and oxygen atoms in total. The van der Waals surface area contributed by atoms with Crippen LogP contribution in [0.1, 0.15) is 40.2 Å². The molecule has 0 saturated carbocycles. The highest BCUT2D eigenvalue weighted by molar-refractivity contribution is 5.95. The minimum absolute atomic E-state index is 0.355. The molecule has 1 aliphatic carbocycles. The summed E-state index contributed by atoms with van der Waals surface area (Å²) in [5.74, 6) is 0.957. The molecule has 0 aliphatic heterocycles. The van der Waals surface area contributed by atoms with Crippen molar-refractivity contribution in [3.05, 3.63) is 65.6 Å². The number of benzene rings is 1. The summed E-state index contributed by atoms with van der Waals surface area (Å²) in [5.41, 5.74) is 5.11. The van der Waals surface area contributed by atoms with E-state index in [2.05, 4.69) is 38.5 Å². The Morgan fingerprint density at radius 3 is 2.97 bits per heavy atom. The monoisotopic (exact) mass is 405 g/mol. The van der Waals surface area contributed by atoms with Crippen LogP contribution in [0, 0.1) is 0 Å². The van der Waals surface area contributed by atoms with Crippen molar-refractivity contribution in [2.45, 2.75) is 25.2 Å². The van der Waals surface area contributed by atoms with Gasteiger partial charge in [-0.25, -0.2) is 4.79 Å². The first-order valence-corrected chi connectivity index (χ1v) is 10.2. The highest BCUT2D eigenvalue weighted by Crippen LogP contribution is 2.35. The first-order chi connectivity index (χ1) is 14.6. The van der Waals surface area contributed by atoms with Crippen LogP contribution in [0.3, 0.4) is 0 Å². The summed E-state index contributed by atoms with van der Waals surface area (Å²) >= 11 is 0. The number of rotatable bonds is 6. The molecule has 30 heavy (non-hydrogen) atoms. The van der Waals surface area contributed by atoms with Gasteiger partial charge in [0.1, 0.15) is 0 Å². The maximum absolute atomic E-state index is 12.0. The molecule has 1 aromatic carbocycles. The zero-order chi connectivity index (χ0) is 21.1. The van der Waals surface area contributed by atoms with E-state index in [1.807, 2.05) is 31.0 Å². The average Bonchev–Trinajstić information content (AvgIpc) is 3.22. The number of aryl methyl sites for hydroxylation is 2. The Balaban J connectivity index is 1.51. The van der Waals surface area contributed by atoms with Gasteiger partial charge in [-0.2, -0.15) is 5.10 Å². The molecule has 2 heterocycles. The van der Waals surface area contributed by atoms with Crippen LogP contribution in [0.2, 0.25) is 0 Å². The number of anilines is 3. The number of carbonyl (C=O) groups is 1. The number of hydrogen-bond donors (Lipinski definition) is 1. The quantitative estimate of drug-likeness (QED) is 0.627. The van der Waals surface area contributed by atoms with Gasteiger partial charge < -0.3 is 15.0 Å². The smallest absolute Gasteiger partial charge is 0.340 e. The fourth-order valence-electron chi connectivity index (χ4n) is 4.09. The number of aromatic nitrogens is 3. The van der Waals surface area contributed by atoms with Crippen LogP contribution in [0.5, 0.6) is 0 Å². The molecule has 0 fully saturated rings. The summed E-state index contributed by atoms with van der Waals surface area (Å²) in [5, 5.41) is 7.91. The number of esters is 1. The standard InChI is InChI=1S/C23H27N5O2/c1-27-12-10-22(26-27)28(2)18-7-8-19-16(13-18)5-4-6-17(19)14-25-21-15-24-11-9-20(21)23(29)30-3/h7-13,15,17,25H,4-6,14H2,1-3H3/t17-/m0/s1. The van der Waals surface area contributed by atoms with Gasteiger partial charge in [0, 0.05) is 50.7 Å². The summed E-state index contributed by atoms with van der Waals surface area (Å²) in [7, 11) is 5.36. The van der Waals surface area contributed by atoms with Crippen molar-refractivity contribution in [1.29, 1.82) is 0 Å². The second-order valence-corrected chi connectivity index (χ2v) is 7.67. The van der Waals surface area contributed by atoms with Gasteiger partial charge in [-0.3, -0.25) is 9.67 Å². The van der Waals surface area contributed by atoms with Crippen LogP contribution in [0.25, 0.3) is 0 Å². The van der Waals surface area contributed by atoms with Gasteiger partial charge in [0.15, 0.2) is 5.82 Å². The lowest BCUT2D eigenvalue weighted by atomic mass is 9.82. The molecule has 4 rings (SSSR count). The number of nitrogens with one attached hydrogen (secondary N) is 1. The Kier molecular flexibility index (Phi) is 5.70. The Morgan fingerprint density at radius 1 is 1.33 bits per heavy atom. The van der Waals surface area contributed by atoms with E-state index in [1.165, 1.54) is 18.2 Å². The Morgan fingerprint density at radius 2 is 2.20 bits per heavy atom. The normalized spacial score (nSPS) is 15.4. The van der Waals surface area contributed by atoms with Gasteiger partial charge in [-0.05, 0) is 48.6 Å². The predicted octanol–water partition coefficient (Wildman–Crippen LogP) is 3.90. The number of nitrogens with zero attached hydrogens (tertiary/aromatic N) is 4. The van der Waals surface area contributed by atoms with Crippen molar-refractivity contribution in [3.63, 3.8) is 0 Å². The summed E-state index contributed by atoms with van der Waals surface area (Å²) < 4.78 is 6.69. The van der Waals surface area contributed by atoms with Crippen LogP contribution in [-0.2, 0) is 18.2 Å². The lowest BCUT2D eigenvalue weighted by Crippen LogP contribution is -2.20. The summed E-state index contributed by atoms with van der Waals surface area (Å²) in [4.78, 5) is 18.3. The van der Waals surface area contributed by atoms with E-state index in [9.17, 15) is 4.79 Å². The molecule has 0 amide bonds. The number of hydrogen-bond acceptors (Lipinski definition) is 6. The molecule has 0 unspecified atom stereocenters. The van der Waals surface area contributed by atoms with Crippen LogP contribution < -0.4 is 10.2 Å². The number of methoxy groups -OCH3 is 1. The third kappa shape index (κ3) is 4.01. The zero-order valence-corrected chi connectivity index (χ0v) is 17.6. The maximum Gasteiger partial charge on any atom is 0.340 e. The molecule has 7 heteroatoms. The topological polar surface area (TPSA) is 72.3 Å². The van der Waals surface area contributed by atoms with E-state index in [4.69, 9.17) is 4.74 Å². The molecule has 0 bridgehead atoms. The van der Waals surface area contributed by atoms with Crippen molar-refractivity contribution in [1.82, 2.24) is 14.8 Å². The first-order valence-electron chi connectivity index (χ1n) is 10.2. The fourth-order valence-corrected chi connectivity index (χ4v) is 4.09. The van der Waals surface area contributed by atoms with Crippen molar-refractivity contribution in [2.24, 2.45) is 7.05 Å².